The lowest BCUT2D eigenvalue weighted by atomic mass is 10.0. The highest BCUT2D eigenvalue weighted by atomic mass is 16.5. The van der Waals surface area contributed by atoms with Gasteiger partial charge in [-0.3, -0.25) is 4.79 Å². The third-order valence-corrected chi connectivity index (χ3v) is 2.39. The first-order valence-corrected chi connectivity index (χ1v) is 4.68. The van der Waals surface area contributed by atoms with Gasteiger partial charge in [0, 0.05) is 18.4 Å². The van der Waals surface area contributed by atoms with Crippen molar-refractivity contribution in [3.63, 3.8) is 0 Å². The number of carboxylic acid groups (broad SMARTS) is 1. The molecule has 4 nitrogen and oxygen atoms in total. The van der Waals surface area contributed by atoms with Crippen molar-refractivity contribution in [2.24, 2.45) is 0 Å². The molecule has 1 aliphatic heterocycles. The van der Waals surface area contributed by atoms with Crippen molar-refractivity contribution in [2.45, 2.75) is 12.8 Å². The molecule has 0 spiro atoms. The van der Waals surface area contributed by atoms with Crippen LogP contribution in [0.4, 0.5) is 0 Å². The lowest BCUT2D eigenvalue weighted by molar-refractivity contribution is -0.148. The molecule has 0 bridgehead atoms. The molecule has 0 saturated carbocycles. The molecule has 0 fully saturated rings. The predicted molar refractivity (Wildman–Crippen MR) is 52.0 cm³/mol. The van der Waals surface area contributed by atoms with Crippen LogP contribution < -0.4 is 4.74 Å². The largest absolute Gasteiger partial charge is 0.493 e. The molecule has 0 amide bonds. The van der Waals surface area contributed by atoms with Gasteiger partial charge in [-0.15, -0.1) is 0 Å². The number of carbonyl (C=O) groups excluding carboxylic acids is 1. The van der Waals surface area contributed by atoms with Crippen molar-refractivity contribution in [3.05, 3.63) is 29.3 Å². The smallest absolute Gasteiger partial charge is 0.372 e. The van der Waals surface area contributed by atoms with Crippen LogP contribution in [0.3, 0.4) is 0 Å². The summed E-state index contributed by atoms with van der Waals surface area (Å²) in [5.41, 5.74) is 1.71. The highest BCUT2D eigenvalue weighted by molar-refractivity contribution is 6.33. The summed E-state index contributed by atoms with van der Waals surface area (Å²) in [7, 11) is 0. The molecule has 0 aromatic heterocycles. The fourth-order valence-electron chi connectivity index (χ4n) is 1.67. The summed E-state index contributed by atoms with van der Waals surface area (Å²) in [5, 5.41) is 8.50. The van der Waals surface area contributed by atoms with E-state index in [4.69, 9.17) is 9.84 Å². The molecule has 0 saturated heterocycles. The second-order valence-corrected chi connectivity index (χ2v) is 3.41. The van der Waals surface area contributed by atoms with Gasteiger partial charge in [0.2, 0.25) is 5.78 Å². The number of ketones is 1. The Bertz CT molecular complexity index is 423. The standard InChI is InChI=1S/C11H10O4/c12-9(11(13)14)6-8-3-1-2-7-4-5-15-10(7)8/h1-3H,4-6H2,(H,13,14). The number of fused-ring (bicyclic) bond motifs is 1. The van der Waals surface area contributed by atoms with Gasteiger partial charge in [0.05, 0.1) is 6.61 Å². The molecule has 15 heavy (non-hydrogen) atoms. The Morgan fingerprint density at radius 2 is 2.20 bits per heavy atom. The number of carbonyl (C=O) groups is 2. The van der Waals surface area contributed by atoms with Gasteiger partial charge in [-0.1, -0.05) is 18.2 Å². The summed E-state index contributed by atoms with van der Waals surface area (Å²) in [6.07, 6.45) is 0.725. The Morgan fingerprint density at radius 1 is 1.40 bits per heavy atom. The van der Waals surface area contributed by atoms with Crippen molar-refractivity contribution in [3.8, 4) is 5.75 Å². The maximum absolute atomic E-state index is 11.1. The van der Waals surface area contributed by atoms with Crippen LogP contribution in [0, 0.1) is 0 Å². The van der Waals surface area contributed by atoms with E-state index in [9.17, 15) is 9.59 Å². The molecule has 2 rings (SSSR count). The van der Waals surface area contributed by atoms with Gasteiger partial charge >= 0.3 is 5.97 Å². The second kappa shape index (κ2) is 3.73. The Kier molecular flexibility index (Phi) is 2.41. The summed E-state index contributed by atoms with van der Waals surface area (Å²) in [5.74, 6) is -1.52. The van der Waals surface area contributed by atoms with E-state index in [1.54, 1.807) is 6.07 Å². The topological polar surface area (TPSA) is 63.6 Å². The Balaban J connectivity index is 2.26. The van der Waals surface area contributed by atoms with Crippen molar-refractivity contribution >= 4 is 11.8 Å². The number of ether oxygens (including phenoxy) is 1. The second-order valence-electron chi connectivity index (χ2n) is 3.41. The molecule has 0 atom stereocenters. The third kappa shape index (κ3) is 1.83. The van der Waals surface area contributed by atoms with Gasteiger partial charge in [-0.2, -0.15) is 0 Å². The molecule has 0 radical (unpaired) electrons. The minimum atomic E-state index is -1.40. The molecule has 1 aromatic carbocycles. The number of aliphatic carboxylic acids is 1. The molecule has 0 aliphatic carbocycles. The van der Waals surface area contributed by atoms with Crippen LogP contribution in [-0.4, -0.2) is 23.5 Å². The molecule has 4 heteroatoms. The van der Waals surface area contributed by atoms with Crippen LogP contribution in [0.2, 0.25) is 0 Å². The summed E-state index contributed by atoms with van der Waals surface area (Å²) < 4.78 is 5.37. The van der Waals surface area contributed by atoms with E-state index in [0.29, 0.717) is 17.9 Å². The van der Waals surface area contributed by atoms with Crippen molar-refractivity contribution < 1.29 is 19.4 Å². The molecule has 78 valence electrons. The minimum Gasteiger partial charge on any atom is -0.493 e. The van der Waals surface area contributed by atoms with E-state index in [2.05, 4.69) is 0 Å². The maximum atomic E-state index is 11.1. The van der Waals surface area contributed by atoms with Gasteiger partial charge < -0.3 is 9.84 Å². The first-order chi connectivity index (χ1) is 7.18. The fourth-order valence-corrected chi connectivity index (χ4v) is 1.67. The number of hydrogen-bond acceptors (Lipinski definition) is 3. The van der Waals surface area contributed by atoms with Crippen LogP contribution in [0.15, 0.2) is 18.2 Å². The first kappa shape index (κ1) is 9.71. The number of para-hydroxylation sites is 1. The lowest BCUT2D eigenvalue weighted by Crippen LogP contribution is -2.15. The van der Waals surface area contributed by atoms with Gasteiger partial charge in [-0.25, -0.2) is 4.79 Å². The van der Waals surface area contributed by atoms with Gasteiger partial charge in [-0.05, 0) is 5.56 Å². The molecule has 1 heterocycles. The minimum absolute atomic E-state index is 0.0987. The lowest BCUT2D eigenvalue weighted by Gasteiger charge is -2.05. The zero-order chi connectivity index (χ0) is 10.8. The maximum Gasteiger partial charge on any atom is 0.372 e. The Labute approximate surface area is 86.5 Å². The average Bonchev–Trinajstić information content (AvgIpc) is 2.66. The molecule has 1 aromatic rings. The summed E-state index contributed by atoms with van der Waals surface area (Å²) in [6.45, 7) is 0.605. The third-order valence-electron chi connectivity index (χ3n) is 2.39. The monoisotopic (exact) mass is 206 g/mol. The Morgan fingerprint density at radius 3 is 2.93 bits per heavy atom. The molecule has 1 aliphatic rings. The van der Waals surface area contributed by atoms with Crippen molar-refractivity contribution in [1.82, 2.24) is 0 Å². The molecule has 1 N–H and O–H groups in total. The van der Waals surface area contributed by atoms with Gasteiger partial charge in [0.15, 0.2) is 0 Å². The van der Waals surface area contributed by atoms with Crippen LogP contribution in [0.1, 0.15) is 11.1 Å². The summed E-state index contributed by atoms with van der Waals surface area (Å²) >= 11 is 0. The van der Waals surface area contributed by atoms with Crippen molar-refractivity contribution in [2.75, 3.05) is 6.61 Å². The fraction of sp³-hybridized carbons (Fsp3) is 0.273. The van der Waals surface area contributed by atoms with Crippen LogP contribution in [0.25, 0.3) is 0 Å². The number of carboxylic acids is 1. The van der Waals surface area contributed by atoms with E-state index in [0.717, 1.165) is 12.0 Å². The van der Waals surface area contributed by atoms with E-state index < -0.39 is 11.8 Å². The summed E-state index contributed by atoms with van der Waals surface area (Å²) in [6, 6.07) is 5.47. The van der Waals surface area contributed by atoms with Crippen LogP contribution >= 0.6 is 0 Å². The highest BCUT2D eigenvalue weighted by Crippen LogP contribution is 2.29. The van der Waals surface area contributed by atoms with Crippen LogP contribution in [-0.2, 0) is 22.4 Å². The highest BCUT2D eigenvalue weighted by Gasteiger charge is 2.20. The zero-order valence-corrected chi connectivity index (χ0v) is 8.03. The normalized spacial score (nSPS) is 13.1. The number of Topliss-reactive ketones (excluding diaryl/α,β-unsaturated/α-hetero) is 1. The quantitative estimate of drug-likeness (QED) is 0.743. The molecular weight excluding hydrogens is 196 g/mol. The molecular formula is C11H10O4. The molecule has 0 unspecified atom stereocenters. The zero-order valence-electron chi connectivity index (χ0n) is 8.03. The number of hydrogen-bond donors (Lipinski definition) is 1. The summed E-state index contributed by atoms with van der Waals surface area (Å²) in [4.78, 5) is 21.5. The van der Waals surface area contributed by atoms with E-state index >= 15 is 0 Å². The Hall–Kier alpha value is -1.84. The SMILES string of the molecule is O=C(O)C(=O)Cc1cccc2c1OCC2. The average molecular weight is 206 g/mol. The first-order valence-electron chi connectivity index (χ1n) is 4.68. The predicted octanol–water partition coefficient (Wildman–Crippen LogP) is 0.818. The number of benzene rings is 1. The van der Waals surface area contributed by atoms with Crippen molar-refractivity contribution in [1.29, 1.82) is 0 Å². The van der Waals surface area contributed by atoms with E-state index in [1.165, 1.54) is 0 Å². The number of rotatable bonds is 3. The van der Waals surface area contributed by atoms with Crippen LogP contribution in [0.5, 0.6) is 5.75 Å². The van der Waals surface area contributed by atoms with Gasteiger partial charge in [0.25, 0.3) is 0 Å². The van der Waals surface area contributed by atoms with E-state index in [1.807, 2.05) is 12.1 Å². The van der Waals surface area contributed by atoms with E-state index in [-0.39, 0.29) is 6.42 Å². The van der Waals surface area contributed by atoms with Gasteiger partial charge in [0.1, 0.15) is 5.75 Å².